The van der Waals surface area contributed by atoms with Gasteiger partial charge in [0.2, 0.25) is 0 Å². The van der Waals surface area contributed by atoms with E-state index in [1.807, 2.05) is 0 Å². The quantitative estimate of drug-likeness (QED) is 0.355. The van der Waals surface area contributed by atoms with Gasteiger partial charge in [-0.25, -0.2) is 8.42 Å². The van der Waals surface area contributed by atoms with Crippen molar-refractivity contribution in [2.75, 3.05) is 17.2 Å². The number of oxime groups is 1. The lowest BCUT2D eigenvalue weighted by Crippen LogP contribution is -2.18. The normalized spacial score (nSPS) is 12.7. The highest BCUT2D eigenvalue weighted by Crippen LogP contribution is 2.08. The van der Waals surface area contributed by atoms with Crippen LogP contribution in [-0.2, 0) is 9.84 Å². The predicted molar refractivity (Wildman–Crippen MR) is 63.5 cm³/mol. The number of benzene rings is 1. The number of nitrogens with zero attached hydrogens (tertiary/aromatic N) is 1. The van der Waals surface area contributed by atoms with E-state index in [2.05, 4.69) is 5.16 Å². The molecule has 0 radical (unpaired) electrons. The number of rotatable bonds is 4. The Labute approximate surface area is 94.5 Å². The van der Waals surface area contributed by atoms with Gasteiger partial charge in [-0.3, -0.25) is 0 Å². The molecule has 3 N–H and O–H groups in total. The van der Waals surface area contributed by atoms with Crippen molar-refractivity contribution in [1.82, 2.24) is 0 Å². The highest BCUT2D eigenvalue weighted by Gasteiger charge is 2.14. The van der Waals surface area contributed by atoms with Crippen molar-refractivity contribution < 1.29 is 13.6 Å². The Morgan fingerprint density at radius 3 is 2.38 bits per heavy atom. The molecule has 0 heterocycles. The van der Waals surface area contributed by atoms with Gasteiger partial charge in [0.1, 0.15) is 5.71 Å². The van der Waals surface area contributed by atoms with Crippen molar-refractivity contribution in [1.29, 1.82) is 0 Å². The lowest BCUT2D eigenvalue weighted by Gasteiger charge is -2.05. The Hall–Kier alpha value is -1.56. The summed E-state index contributed by atoms with van der Waals surface area (Å²) in [5.74, 6) is -0.259. The van der Waals surface area contributed by atoms with Gasteiger partial charge in [-0.15, -0.1) is 0 Å². The second-order valence-corrected chi connectivity index (χ2v) is 5.70. The largest absolute Gasteiger partial charge is 0.411 e. The molecule has 5 nitrogen and oxygen atoms in total. The van der Waals surface area contributed by atoms with Gasteiger partial charge in [-0.1, -0.05) is 24.2 Å². The zero-order valence-corrected chi connectivity index (χ0v) is 9.74. The van der Waals surface area contributed by atoms with Gasteiger partial charge in [0, 0.05) is 17.0 Å². The van der Waals surface area contributed by atoms with E-state index >= 15 is 0 Å². The number of sulfone groups is 1. The molecule has 0 aliphatic rings. The summed E-state index contributed by atoms with van der Waals surface area (Å²) in [6.07, 6.45) is 0. The topological polar surface area (TPSA) is 92.8 Å². The van der Waals surface area contributed by atoms with E-state index in [0.29, 0.717) is 11.3 Å². The molecule has 88 valence electrons. The van der Waals surface area contributed by atoms with E-state index in [-0.39, 0.29) is 17.2 Å². The summed E-state index contributed by atoms with van der Waals surface area (Å²) in [7, 11) is -3.21. The first-order valence-corrected chi connectivity index (χ1v) is 6.58. The first-order valence-electron chi connectivity index (χ1n) is 4.75. The molecule has 0 unspecified atom stereocenters. The van der Waals surface area contributed by atoms with Crippen LogP contribution in [0.25, 0.3) is 0 Å². The standard InChI is InChI=1S/C10H14N2O3S/c1-2-16(14,15)7-10(12-13)8-3-5-9(11)6-4-8/h3-6,13H,2,7,11H2,1H3/b12-10-. The molecule has 0 aliphatic heterocycles. The third-order valence-electron chi connectivity index (χ3n) is 2.16. The summed E-state index contributed by atoms with van der Waals surface area (Å²) in [4.78, 5) is 0. The second-order valence-electron chi connectivity index (χ2n) is 3.35. The first-order chi connectivity index (χ1) is 7.48. The van der Waals surface area contributed by atoms with E-state index in [0.717, 1.165) is 0 Å². The van der Waals surface area contributed by atoms with E-state index in [4.69, 9.17) is 10.9 Å². The number of anilines is 1. The van der Waals surface area contributed by atoms with E-state index in [1.165, 1.54) is 0 Å². The fourth-order valence-corrected chi connectivity index (χ4v) is 2.00. The van der Waals surface area contributed by atoms with Crippen molar-refractivity contribution in [3.63, 3.8) is 0 Å². The van der Waals surface area contributed by atoms with Gasteiger partial charge in [0.25, 0.3) is 0 Å². The Kier molecular flexibility index (Phi) is 3.89. The highest BCUT2D eigenvalue weighted by molar-refractivity contribution is 7.92. The summed E-state index contributed by atoms with van der Waals surface area (Å²) in [6.45, 7) is 1.55. The smallest absolute Gasteiger partial charge is 0.155 e. The van der Waals surface area contributed by atoms with Gasteiger partial charge >= 0.3 is 0 Å². The van der Waals surface area contributed by atoms with Gasteiger partial charge in [-0.05, 0) is 12.1 Å². The fraction of sp³-hybridized carbons (Fsp3) is 0.300. The van der Waals surface area contributed by atoms with Crippen molar-refractivity contribution in [3.8, 4) is 0 Å². The average Bonchev–Trinajstić information content (AvgIpc) is 2.27. The zero-order chi connectivity index (χ0) is 12.2. The number of hydrogen-bond acceptors (Lipinski definition) is 5. The molecule has 6 heteroatoms. The molecule has 0 bridgehead atoms. The van der Waals surface area contributed by atoms with Crippen LogP contribution in [0.2, 0.25) is 0 Å². The Bertz CT molecular complexity index is 477. The highest BCUT2D eigenvalue weighted by atomic mass is 32.2. The van der Waals surface area contributed by atoms with Gasteiger partial charge in [0.05, 0.1) is 5.75 Å². The first kappa shape index (κ1) is 12.5. The van der Waals surface area contributed by atoms with Crippen molar-refractivity contribution in [2.24, 2.45) is 5.16 Å². The van der Waals surface area contributed by atoms with Crippen LogP contribution in [0.4, 0.5) is 5.69 Å². The molecule has 1 rings (SSSR count). The minimum Gasteiger partial charge on any atom is -0.411 e. The predicted octanol–water partition coefficient (Wildman–Crippen LogP) is 0.882. The van der Waals surface area contributed by atoms with Gasteiger partial charge in [-0.2, -0.15) is 0 Å². The lowest BCUT2D eigenvalue weighted by molar-refractivity contribution is 0.319. The van der Waals surface area contributed by atoms with Crippen LogP contribution in [0.5, 0.6) is 0 Å². The Morgan fingerprint density at radius 1 is 1.38 bits per heavy atom. The maximum Gasteiger partial charge on any atom is 0.155 e. The average molecular weight is 242 g/mol. The molecular formula is C10H14N2O3S. The number of nitrogen functional groups attached to an aromatic ring is 1. The SMILES string of the molecule is CCS(=O)(=O)C/C(=N/O)c1ccc(N)cc1. The van der Waals surface area contributed by atoms with Gasteiger partial charge < -0.3 is 10.9 Å². The molecule has 0 saturated carbocycles. The Morgan fingerprint density at radius 2 is 1.94 bits per heavy atom. The second kappa shape index (κ2) is 4.98. The Balaban J connectivity index is 2.97. The molecular weight excluding hydrogens is 228 g/mol. The van der Waals surface area contributed by atoms with Crippen molar-refractivity contribution >= 4 is 21.2 Å². The zero-order valence-electron chi connectivity index (χ0n) is 8.92. The fourth-order valence-electron chi connectivity index (χ4n) is 1.16. The molecule has 0 saturated heterocycles. The monoisotopic (exact) mass is 242 g/mol. The van der Waals surface area contributed by atoms with Crippen molar-refractivity contribution in [3.05, 3.63) is 29.8 Å². The molecule has 1 aromatic rings. The lowest BCUT2D eigenvalue weighted by atomic mass is 10.1. The summed E-state index contributed by atoms with van der Waals surface area (Å²) in [5, 5.41) is 11.8. The van der Waals surface area contributed by atoms with Crippen LogP contribution >= 0.6 is 0 Å². The third-order valence-corrected chi connectivity index (χ3v) is 3.75. The maximum absolute atomic E-state index is 11.4. The van der Waals surface area contributed by atoms with Crippen LogP contribution < -0.4 is 5.73 Å². The number of hydrogen-bond donors (Lipinski definition) is 2. The molecule has 0 spiro atoms. The molecule has 0 aromatic heterocycles. The number of nitrogens with two attached hydrogens (primary N) is 1. The molecule has 0 fully saturated rings. The summed E-state index contributed by atoms with van der Waals surface area (Å²) in [5.41, 5.74) is 6.75. The van der Waals surface area contributed by atoms with E-state index in [9.17, 15) is 8.42 Å². The van der Waals surface area contributed by atoms with Crippen LogP contribution in [0, 0.1) is 0 Å². The molecule has 0 atom stereocenters. The van der Waals surface area contributed by atoms with E-state index < -0.39 is 9.84 Å². The van der Waals surface area contributed by atoms with Crippen LogP contribution in [0.3, 0.4) is 0 Å². The minimum atomic E-state index is -3.21. The van der Waals surface area contributed by atoms with Crippen molar-refractivity contribution in [2.45, 2.75) is 6.92 Å². The minimum absolute atomic E-state index is 0.0149. The molecule has 16 heavy (non-hydrogen) atoms. The summed E-state index contributed by atoms with van der Waals surface area (Å²) in [6, 6.07) is 6.49. The maximum atomic E-state index is 11.4. The summed E-state index contributed by atoms with van der Waals surface area (Å²) >= 11 is 0. The summed E-state index contributed by atoms with van der Waals surface area (Å²) < 4.78 is 22.8. The molecule has 0 amide bonds. The third kappa shape index (κ3) is 3.23. The van der Waals surface area contributed by atoms with Crippen LogP contribution in [-0.4, -0.2) is 30.8 Å². The van der Waals surface area contributed by atoms with Gasteiger partial charge in [0.15, 0.2) is 9.84 Å². The molecule has 1 aromatic carbocycles. The van der Waals surface area contributed by atoms with Crippen LogP contribution in [0.15, 0.2) is 29.4 Å². The van der Waals surface area contributed by atoms with E-state index in [1.54, 1.807) is 31.2 Å². The van der Waals surface area contributed by atoms with Crippen LogP contribution in [0.1, 0.15) is 12.5 Å². The molecule has 0 aliphatic carbocycles.